The minimum absolute atomic E-state index is 0.143. The van der Waals surface area contributed by atoms with Crippen LogP contribution in [0.1, 0.15) is 32.6 Å². The fourth-order valence-corrected chi connectivity index (χ4v) is 5.26. The summed E-state index contributed by atoms with van der Waals surface area (Å²) in [7, 11) is 0. The maximum atomic E-state index is 15.3. The molecule has 1 unspecified atom stereocenters. The number of Topliss-reactive ketones (excluding diaryl/α,β-unsaturated/α-hetero) is 1. The van der Waals surface area contributed by atoms with E-state index in [9.17, 15) is 14.4 Å². The van der Waals surface area contributed by atoms with Gasteiger partial charge >= 0.3 is 6.03 Å². The van der Waals surface area contributed by atoms with Gasteiger partial charge in [-0.1, -0.05) is 66.7 Å². The van der Waals surface area contributed by atoms with Gasteiger partial charge in [0.1, 0.15) is 5.82 Å². The molecule has 0 fully saturated rings. The van der Waals surface area contributed by atoms with Crippen molar-refractivity contribution in [2.45, 2.75) is 20.0 Å². The van der Waals surface area contributed by atoms with Gasteiger partial charge in [0.2, 0.25) is 12.0 Å². The van der Waals surface area contributed by atoms with E-state index in [1.54, 1.807) is 79.7 Å². The number of halogens is 1. The summed E-state index contributed by atoms with van der Waals surface area (Å²) in [6.07, 6.45) is -1.50. The predicted octanol–water partition coefficient (Wildman–Crippen LogP) is 4.84. The molecule has 5 aromatic rings. The molecule has 12 heteroatoms. The molecule has 224 valence electrons. The molecule has 6 rings (SSSR count). The van der Waals surface area contributed by atoms with Crippen LogP contribution in [0.5, 0.6) is 0 Å². The summed E-state index contributed by atoms with van der Waals surface area (Å²) in [5.74, 6) is -1.18. The van der Waals surface area contributed by atoms with E-state index in [0.717, 1.165) is 5.56 Å². The van der Waals surface area contributed by atoms with Crippen molar-refractivity contribution in [3.05, 3.63) is 125 Å². The summed E-state index contributed by atoms with van der Waals surface area (Å²) in [6, 6.07) is 24.4. The van der Waals surface area contributed by atoms with Crippen LogP contribution in [-0.4, -0.2) is 56.8 Å². The average Bonchev–Trinajstić information content (AvgIpc) is 3.55. The van der Waals surface area contributed by atoms with Crippen molar-refractivity contribution in [2.75, 3.05) is 16.8 Å². The lowest BCUT2D eigenvalue weighted by Gasteiger charge is -2.26. The number of para-hydroxylation sites is 1. The first-order valence-corrected chi connectivity index (χ1v) is 14.0. The molecule has 1 aromatic heterocycles. The number of nitrogens with one attached hydrogen (secondary N) is 3. The second-order valence-corrected chi connectivity index (χ2v) is 10.4. The molecule has 3 N–H and O–H groups in total. The van der Waals surface area contributed by atoms with Crippen molar-refractivity contribution in [3.8, 4) is 11.4 Å². The average molecular weight is 603 g/mol. The first kappa shape index (κ1) is 29.1. The van der Waals surface area contributed by atoms with E-state index in [-0.39, 0.29) is 23.6 Å². The van der Waals surface area contributed by atoms with Crippen LogP contribution < -0.4 is 15.5 Å². The van der Waals surface area contributed by atoms with Crippen molar-refractivity contribution in [2.24, 2.45) is 4.99 Å². The number of aromatic amines is 1. The monoisotopic (exact) mass is 602 g/mol. The van der Waals surface area contributed by atoms with Crippen LogP contribution in [0.4, 0.5) is 20.6 Å². The van der Waals surface area contributed by atoms with Crippen LogP contribution >= 0.6 is 0 Å². The van der Waals surface area contributed by atoms with Crippen molar-refractivity contribution in [1.29, 1.82) is 0 Å². The Bertz CT molecular complexity index is 1960. The third-order valence-electron chi connectivity index (χ3n) is 7.39. The number of aromatic nitrogens is 4. The highest BCUT2D eigenvalue weighted by Crippen LogP contribution is 2.32. The van der Waals surface area contributed by atoms with Gasteiger partial charge in [-0.3, -0.25) is 9.59 Å². The van der Waals surface area contributed by atoms with Gasteiger partial charge in [0.25, 0.3) is 5.91 Å². The van der Waals surface area contributed by atoms with Crippen molar-refractivity contribution in [1.82, 2.24) is 25.9 Å². The molecule has 0 saturated carbocycles. The normalized spacial score (nSPS) is 14.3. The Labute approximate surface area is 257 Å². The second-order valence-electron chi connectivity index (χ2n) is 10.4. The van der Waals surface area contributed by atoms with Crippen molar-refractivity contribution >= 4 is 34.8 Å². The number of fused-ring (bicyclic) bond motifs is 1. The van der Waals surface area contributed by atoms with E-state index >= 15 is 4.39 Å². The van der Waals surface area contributed by atoms with Crippen molar-refractivity contribution in [3.63, 3.8) is 0 Å². The number of tetrazole rings is 1. The van der Waals surface area contributed by atoms with Crippen LogP contribution in [0.2, 0.25) is 0 Å². The topological polar surface area (TPSA) is 145 Å². The van der Waals surface area contributed by atoms with E-state index in [4.69, 9.17) is 0 Å². The number of rotatable bonds is 7. The summed E-state index contributed by atoms with van der Waals surface area (Å²) in [6.45, 7) is 3.29. The van der Waals surface area contributed by atoms with Gasteiger partial charge in [0.05, 0.1) is 17.9 Å². The van der Waals surface area contributed by atoms with Gasteiger partial charge in [-0.25, -0.2) is 14.2 Å². The number of nitrogens with zero attached hydrogens (tertiary/aromatic N) is 5. The fourth-order valence-electron chi connectivity index (χ4n) is 5.26. The van der Waals surface area contributed by atoms with E-state index in [2.05, 4.69) is 36.3 Å². The van der Waals surface area contributed by atoms with Crippen LogP contribution in [0, 0.1) is 19.7 Å². The molecule has 0 aliphatic carbocycles. The summed E-state index contributed by atoms with van der Waals surface area (Å²) >= 11 is 0. The Balaban J connectivity index is 1.39. The third-order valence-corrected chi connectivity index (χ3v) is 7.39. The standard InChI is InChI=1S/C33H27FN8O3/c1-19-9-3-4-13-23(19)27(43)18-42-29-20(2)10-7-15-25(29)28(24-14-5-6-16-26(24)34)36-31(32(42)44)37-33(45)35-22-12-8-11-21(17-22)30-38-40-41-39-30/h3-17,31H,18H2,1-2H3,(H2,35,37,45)(H,38,39,40,41). The first-order valence-electron chi connectivity index (χ1n) is 14.0. The Morgan fingerprint density at radius 3 is 2.42 bits per heavy atom. The number of carbonyl (C=O) groups is 3. The zero-order valence-electron chi connectivity index (χ0n) is 24.3. The Morgan fingerprint density at radius 2 is 1.64 bits per heavy atom. The molecule has 0 saturated heterocycles. The molecular formula is C33H27FN8O3. The molecule has 1 atom stereocenters. The zero-order valence-corrected chi connectivity index (χ0v) is 24.3. The number of carbonyl (C=O) groups excluding carboxylic acids is 3. The van der Waals surface area contributed by atoms with Gasteiger partial charge in [0.15, 0.2) is 5.78 Å². The molecule has 0 spiro atoms. The van der Waals surface area contributed by atoms with Crippen LogP contribution in [0.25, 0.3) is 11.4 Å². The largest absolute Gasteiger partial charge is 0.321 e. The number of H-pyrrole nitrogens is 1. The first-order chi connectivity index (χ1) is 21.8. The maximum Gasteiger partial charge on any atom is 0.321 e. The zero-order chi connectivity index (χ0) is 31.5. The van der Waals surface area contributed by atoms with E-state index in [0.29, 0.717) is 39.5 Å². The van der Waals surface area contributed by atoms with E-state index < -0.39 is 23.9 Å². The van der Waals surface area contributed by atoms with Gasteiger partial charge in [-0.15, -0.1) is 10.2 Å². The highest BCUT2D eigenvalue weighted by atomic mass is 19.1. The Kier molecular flexibility index (Phi) is 7.93. The smallest absolute Gasteiger partial charge is 0.308 e. The lowest BCUT2D eigenvalue weighted by molar-refractivity contribution is -0.120. The molecule has 11 nitrogen and oxygen atoms in total. The summed E-state index contributed by atoms with van der Waals surface area (Å²) in [5.41, 5.74) is 4.04. The van der Waals surface area contributed by atoms with E-state index in [1.165, 1.54) is 11.0 Å². The number of urea groups is 1. The Hall–Kier alpha value is -6.04. The van der Waals surface area contributed by atoms with Crippen molar-refractivity contribution < 1.29 is 18.8 Å². The maximum absolute atomic E-state index is 15.3. The summed E-state index contributed by atoms with van der Waals surface area (Å²) in [4.78, 5) is 47.2. The highest BCUT2D eigenvalue weighted by Gasteiger charge is 2.36. The predicted molar refractivity (Wildman–Crippen MR) is 167 cm³/mol. The van der Waals surface area contributed by atoms with Gasteiger partial charge < -0.3 is 15.5 Å². The number of amides is 3. The second kappa shape index (κ2) is 12.3. The number of benzodiazepines with no additional fused rings is 1. The lowest BCUT2D eigenvalue weighted by Crippen LogP contribution is -2.50. The molecule has 3 amide bonds. The molecule has 4 aromatic carbocycles. The van der Waals surface area contributed by atoms with Crippen LogP contribution in [0.3, 0.4) is 0 Å². The summed E-state index contributed by atoms with van der Waals surface area (Å²) < 4.78 is 15.3. The molecular weight excluding hydrogens is 575 g/mol. The van der Waals surface area contributed by atoms with Crippen LogP contribution in [-0.2, 0) is 4.79 Å². The lowest BCUT2D eigenvalue weighted by atomic mass is 9.97. The van der Waals surface area contributed by atoms with Crippen LogP contribution in [0.15, 0.2) is 96.0 Å². The highest BCUT2D eigenvalue weighted by molar-refractivity contribution is 6.22. The quantitative estimate of drug-likeness (QED) is 0.228. The molecule has 1 aliphatic heterocycles. The number of aliphatic imine (C=N–C) groups is 1. The number of hydrogen-bond donors (Lipinski definition) is 3. The third kappa shape index (κ3) is 5.93. The molecule has 0 bridgehead atoms. The minimum atomic E-state index is -1.50. The number of anilines is 2. The molecule has 0 radical (unpaired) electrons. The van der Waals surface area contributed by atoms with Gasteiger partial charge in [-0.2, -0.15) is 5.21 Å². The number of benzene rings is 4. The molecule has 45 heavy (non-hydrogen) atoms. The van der Waals surface area contributed by atoms with E-state index in [1.807, 2.05) is 19.1 Å². The van der Waals surface area contributed by atoms with Gasteiger partial charge in [-0.05, 0) is 54.5 Å². The number of hydrogen-bond acceptors (Lipinski definition) is 7. The molecule has 1 aliphatic rings. The number of aryl methyl sites for hydroxylation is 2. The number of ketones is 1. The molecule has 2 heterocycles. The van der Waals surface area contributed by atoms with Gasteiger partial charge in [0, 0.05) is 27.9 Å². The summed E-state index contributed by atoms with van der Waals surface area (Å²) in [5, 5.41) is 19.2. The SMILES string of the molecule is Cc1ccccc1C(=O)CN1C(=O)C(NC(=O)Nc2cccc(-c3nn[nH]n3)c2)N=C(c2ccccc2F)c2cccc(C)c21. The fraction of sp³-hybridized carbons (Fsp3) is 0.121. The Morgan fingerprint density at radius 1 is 0.911 bits per heavy atom. The minimum Gasteiger partial charge on any atom is -0.308 e.